The van der Waals surface area contributed by atoms with Gasteiger partial charge in [0.2, 0.25) is 5.91 Å². The van der Waals surface area contributed by atoms with Crippen LogP contribution in [0.1, 0.15) is 46.5 Å². The summed E-state index contributed by atoms with van der Waals surface area (Å²) in [5, 5.41) is 0. The van der Waals surface area contributed by atoms with Gasteiger partial charge in [-0.3, -0.25) is 20.6 Å². The minimum Gasteiger partial charge on any atom is -0.444 e. The lowest BCUT2D eigenvalue weighted by atomic mass is 9.98. The fourth-order valence-corrected chi connectivity index (χ4v) is 2.56. The normalized spacial score (nSPS) is 22.0. The van der Waals surface area contributed by atoms with Crippen LogP contribution in [-0.4, -0.2) is 48.0 Å². The van der Waals surface area contributed by atoms with Crippen molar-refractivity contribution in [1.82, 2.24) is 15.8 Å². The van der Waals surface area contributed by atoms with Gasteiger partial charge in [-0.2, -0.15) is 0 Å². The van der Waals surface area contributed by atoms with Gasteiger partial charge in [-0.1, -0.05) is 0 Å². The van der Waals surface area contributed by atoms with E-state index in [4.69, 9.17) is 4.74 Å². The Morgan fingerprint density at radius 3 is 2.73 bits per heavy atom. The Morgan fingerprint density at radius 1 is 1.32 bits per heavy atom. The Kier molecular flexibility index (Phi) is 5.26. The number of hydrogen-bond acceptors (Lipinski definition) is 5. The molecular weight excluding hydrogens is 284 g/mol. The van der Waals surface area contributed by atoms with E-state index in [0.29, 0.717) is 13.1 Å². The molecule has 7 heteroatoms. The van der Waals surface area contributed by atoms with Crippen molar-refractivity contribution >= 4 is 17.8 Å². The third-order valence-corrected chi connectivity index (χ3v) is 3.65. The van der Waals surface area contributed by atoms with E-state index in [-0.39, 0.29) is 17.9 Å². The highest BCUT2D eigenvalue weighted by Crippen LogP contribution is 2.19. The van der Waals surface area contributed by atoms with Crippen LogP contribution in [0.25, 0.3) is 0 Å². The Hall–Kier alpha value is -1.79. The van der Waals surface area contributed by atoms with Crippen molar-refractivity contribution in [3.8, 4) is 0 Å². The van der Waals surface area contributed by atoms with Gasteiger partial charge in [0.15, 0.2) is 0 Å². The van der Waals surface area contributed by atoms with Crippen LogP contribution in [0.2, 0.25) is 0 Å². The number of hydrogen-bond donors (Lipinski definition) is 2. The molecular formula is C15H26N4O3. The standard InChI is InChI=1S/C15H26N4O3/c1-15(2,3)22-14(21)19-9-5-6-11(10-19)13(20)18-17-12-7-4-8-16-12/h11H,4-10H2,1-3H3,(H,16,17)(H,18,20)/t11-/m0/s1. The summed E-state index contributed by atoms with van der Waals surface area (Å²) in [6, 6.07) is 0. The lowest BCUT2D eigenvalue weighted by molar-refractivity contribution is -0.127. The zero-order chi connectivity index (χ0) is 16.2. The molecule has 22 heavy (non-hydrogen) atoms. The molecule has 0 aromatic carbocycles. The molecule has 124 valence electrons. The van der Waals surface area contributed by atoms with Crippen LogP contribution in [0.3, 0.4) is 0 Å². The number of hydrazine groups is 1. The van der Waals surface area contributed by atoms with E-state index >= 15 is 0 Å². The second-order valence-corrected chi connectivity index (χ2v) is 6.81. The Labute approximate surface area is 131 Å². The fraction of sp³-hybridized carbons (Fsp3) is 0.800. The second-order valence-electron chi connectivity index (χ2n) is 6.81. The van der Waals surface area contributed by atoms with Gasteiger partial charge in [-0.05, 0) is 40.0 Å². The first kappa shape index (κ1) is 16.6. The number of amides is 2. The Bertz CT molecular complexity index is 456. The van der Waals surface area contributed by atoms with Gasteiger partial charge >= 0.3 is 6.09 Å². The zero-order valence-electron chi connectivity index (χ0n) is 13.6. The number of piperidine rings is 1. The van der Waals surface area contributed by atoms with Crippen LogP contribution < -0.4 is 10.9 Å². The minimum atomic E-state index is -0.519. The monoisotopic (exact) mass is 310 g/mol. The number of aliphatic imine (C=N–C) groups is 1. The van der Waals surface area contributed by atoms with Gasteiger partial charge < -0.3 is 9.64 Å². The molecule has 0 spiro atoms. The largest absolute Gasteiger partial charge is 0.444 e. The van der Waals surface area contributed by atoms with E-state index < -0.39 is 5.60 Å². The highest BCUT2D eigenvalue weighted by molar-refractivity contribution is 5.87. The third kappa shape index (κ3) is 4.89. The van der Waals surface area contributed by atoms with Gasteiger partial charge in [0.1, 0.15) is 11.4 Å². The van der Waals surface area contributed by atoms with Crippen LogP contribution in [0.5, 0.6) is 0 Å². The van der Waals surface area contributed by atoms with E-state index in [1.165, 1.54) is 0 Å². The lowest BCUT2D eigenvalue weighted by Crippen LogP contribution is -2.50. The van der Waals surface area contributed by atoms with E-state index in [1.807, 2.05) is 20.8 Å². The molecule has 2 aliphatic heterocycles. The van der Waals surface area contributed by atoms with Crippen molar-refractivity contribution in [1.29, 1.82) is 0 Å². The first-order chi connectivity index (χ1) is 10.3. The summed E-state index contributed by atoms with van der Waals surface area (Å²) in [5.74, 6) is 0.520. The van der Waals surface area contributed by atoms with Crippen molar-refractivity contribution in [3.63, 3.8) is 0 Å². The van der Waals surface area contributed by atoms with Crippen molar-refractivity contribution < 1.29 is 14.3 Å². The van der Waals surface area contributed by atoms with E-state index in [2.05, 4.69) is 15.8 Å². The molecule has 0 radical (unpaired) electrons. The molecule has 0 unspecified atom stereocenters. The fourth-order valence-electron chi connectivity index (χ4n) is 2.56. The molecule has 2 aliphatic rings. The third-order valence-electron chi connectivity index (χ3n) is 3.65. The minimum absolute atomic E-state index is 0.0946. The van der Waals surface area contributed by atoms with Gasteiger partial charge in [0, 0.05) is 26.1 Å². The van der Waals surface area contributed by atoms with Crippen LogP contribution in [0.15, 0.2) is 4.99 Å². The molecule has 1 fully saturated rings. The van der Waals surface area contributed by atoms with Gasteiger partial charge in [0.25, 0.3) is 0 Å². The molecule has 2 N–H and O–H groups in total. The maximum absolute atomic E-state index is 12.2. The summed E-state index contributed by atoms with van der Waals surface area (Å²) in [5.41, 5.74) is 5.06. The number of carbonyl (C=O) groups excluding carboxylic acids is 2. The first-order valence-corrected chi connectivity index (χ1v) is 7.92. The smallest absolute Gasteiger partial charge is 0.410 e. The van der Waals surface area contributed by atoms with Gasteiger partial charge in [-0.15, -0.1) is 0 Å². The molecule has 1 atom stereocenters. The predicted molar refractivity (Wildman–Crippen MR) is 83.3 cm³/mol. The van der Waals surface area contributed by atoms with Crippen LogP contribution in [0, 0.1) is 5.92 Å². The predicted octanol–water partition coefficient (Wildman–Crippen LogP) is 1.45. The number of ether oxygens (including phenoxy) is 1. The van der Waals surface area contributed by atoms with Gasteiger partial charge in [0.05, 0.1) is 5.92 Å². The average molecular weight is 310 g/mol. The lowest BCUT2D eigenvalue weighted by Gasteiger charge is -2.33. The zero-order valence-corrected chi connectivity index (χ0v) is 13.6. The summed E-state index contributed by atoms with van der Waals surface area (Å²) in [6.07, 6.45) is 3.12. The second kappa shape index (κ2) is 6.98. The summed E-state index contributed by atoms with van der Waals surface area (Å²) < 4.78 is 5.37. The number of likely N-dealkylation sites (tertiary alicyclic amines) is 1. The maximum atomic E-state index is 12.2. The van der Waals surface area contributed by atoms with E-state index in [1.54, 1.807) is 4.90 Å². The van der Waals surface area contributed by atoms with Crippen LogP contribution in [0.4, 0.5) is 4.79 Å². The van der Waals surface area contributed by atoms with Gasteiger partial charge in [-0.25, -0.2) is 4.79 Å². The van der Waals surface area contributed by atoms with Crippen molar-refractivity contribution in [3.05, 3.63) is 0 Å². The Morgan fingerprint density at radius 2 is 2.09 bits per heavy atom. The first-order valence-electron chi connectivity index (χ1n) is 7.92. The SMILES string of the molecule is CC(C)(C)OC(=O)N1CCC[C@H](C(=O)NNC2=NCCC2)C1. The summed E-state index contributed by atoms with van der Waals surface area (Å²) >= 11 is 0. The summed E-state index contributed by atoms with van der Waals surface area (Å²) in [6.45, 7) is 7.36. The molecule has 2 heterocycles. The molecule has 0 aromatic rings. The maximum Gasteiger partial charge on any atom is 0.410 e. The van der Waals surface area contributed by atoms with Crippen LogP contribution >= 0.6 is 0 Å². The number of nitrogens with zero attached hydrogens (tertiary/aromatic N) is 2. The number of carbonyl (C=O) groups is 2. The number of amidine groups is 1. The highest BCUT2D eigenvalue weighted by Gasteiger charge is 2.31. The van der Waals surface area contributed by atoms with Crippen molar-refractivity contribution in [2.24, 2.45) is 10.9 Å². The van der Waals surface area contributed by atoms with Crippen molar-refractivity contribution in [2.75, 3.05) is 19.6 Å². The molecule has 0 aromatic heterocycles. The van der Waals surface area contributed by atoms with Crippen LogP contribution in [-0.2, 0) is 9.53 Å². The number of nitrogens with one attached hydrogen (secondary N) is 2. The average Bonchev–Trinajstić information content (AvgIpc) is 2.96. The summed E-state index contributed by atoms with van der Waals surface area (Å²) in [4.78, 5) is 30.1. The molecule has 7 nitrogen and oxygen atoms in total. The molecule has 0 saturated carbocycles. The molecule has 0 aliphatic carbocycles. The Balaban J connectivity index is 1.81. The van der Waals surface area contributed by atoms with E-state index in [9.17, 15) is 9.59 Å². The molecule has 0 bridgehead atoms. The number of rotatable bonds is 1. The molecule has 2 amide bonds. The van der Waals surface area contributed by atoms with Crippen molar-refractivity contribution in [2.45, 2.75) is 52.1 Å². The highest BCUT2D eigenvalue weighted by atomic mass is 16.6. The molecule has 2 rings (SSSR count). The van der Waals surface area contributed by atoms with E-state index in [0.717, 1.165) is 38.1 Å². The quantitative estimate of drug-likeness (QED) is 0.718. The topological polar surface area (TPSA) is 83.0 Å². The molecule has 1 saturated heterocycles. The summed E-state index contributed by atoms with van der Waals surface area (Å²) in [7, 11) is 0.